The molecule has 0 saturated heterocycles. The van der Waals surface area contributed by atoms with Gasteiger partial charge in [-0.1, -0.05) is 17.9 Å². The number of nitrogens with one attached hydrogen (secondary N) is 1. The number of thioether (sulfide) groups is 1. The van der Waals surface area contributed by atoms with Gasteiger partial charge in [0.25, 0.3) is 5.69 Å². The first-order valence-electron chi connectivity index (χ1n) is 8.22. The number of carbonyl (C=O) groups excluding carboxylic acids is 2. The van der Waals surface area contributed by atoms with E-state index in [1.165, 1.54) is 24.3 Å². The van der Waals surface area contributed by atoms with Gasteiger partial charge in [-0.25, -0.2) is 0 Å². The van der Waals surface area contributed by atoms with Crippen LogP contribution in [0.5, 0.6) is 0 Å². The number of nitrogens with two attached hydrogens (primary N) is 1. The summed E-state index contributed by atoms with van der Waals surface area (Å²) in [7, 11) is 0. The third-order valence-corrected chi connectivity index (χ3v) is 4.66. The van der Waals surface area contributed by atoms with Gasteiger partial charge in [0.2, 0.25) is 11.8 Å². The third kappa shape index (κ3) is 6.52. The van der Waals surface area contributed by atoms with Crippen molar-refractivity contribution >= 4 is 29.3 Å². The molecule has 2 aromatic rings. The van der Waals surface area contributed by atoms with Crippen molar-refractivity contribution in [2.75, 3.05) is 12.3 Å². The fraction of sp³-hybridized carbons (Fsp3) is 0.158. The normalized spacial score (nSPS) is 10.6. The number of hydrogen-bond acceptors (Lipinski definition) is 5. The molecule has 2 aromatic carbocycles. The SMILES string of the molecule is NC(=O)c1ccc(SCC(=O)NCC#Cc2cccc(C(F)(F)F)c2)c([N+](=O)[O-])c1. The summed E-state index contributed by atoms with van der Waals surface area (Å²) < 4.78 is 38.0. The van der Waals surface area contributed by atoms with Crippen molar-refractivity contribution in [3.05, 3.63) is 69.3 Å². The van der Waals surface area contributed by atoms with Crippen molar-refractivity contribution in [3.8, 4) is 11.8 Å². The first-order valence-corrected chi connectivity index (χ1v) is 9.20. The molecule has 0 radical (unpaired) electrons. The fourth-order valence-corrected chi connectivity index (χ4v) is 3.03. The predicted molar refractivity (Wildman–Crippen MR) is 104 cm³/mol. The number of nitro groups is 1. The number of rotatable bonds is 6. The second-order valence-corrected chi connectivity index (χ2v) is 6.77. The van der Waals surface area contributed by atoms with Crippen LogP contribution < -0.4 is 11.1 Å². The largest absolute Gasteiger partial charge is 0.416 e. The molecule has 3 N–H and O–H groups in total. The first kappa shape index (κ1) is 22.8. The maximum atomic E-state index is 12.7. The molecular formula is C19H14F3N3O4S. The van der Waals surface area contributed by atoms with Crippen LogP contribution in [0.4, 0.5) is 18.9 Å². The maximum absolute atomic E-state index is 12.7. The zero-order valence-corrected chi connectivity index (χ0v) is 16.0. The summed E-state index contributed by atoms with van der Waals surface area (Å²) in [6.45, 7) is -0.113. The van der Waals surface area contributed by atoms with Crippen molar-refractivity contribution in [2.24, 2.45) is 5.73 Å². The molecule has 156 valence electrons. The monoisotopic (exact) mass is 437 g/mol. The predicted octanol–water partition coefficient (Wildman–Crippen LogP) is 2.97. The van der Waals surface area contributed by atoms with E-state index in [4.69, 9.17) is 5.73 Å². The van der Waals surface area contributed by atoms with Gasteiger partial charge in [0.15, 0.2) is 0 Å². The molecule has 0 aliphatic rings. The molecule has 30 heavy (non-hydrogen) atoms. The van der Waals surface area contributed by atoms with Gasteiger partial charge < -0.3 is 11.1 Å². The van der Waals surface area contributed by atoms with Crippen molar-refractivity contribution in [3.63, 3.8) is 0 Å². The Morgan fingerprint density at radius 1 is 1.20 bits per heavy atom. The molecule has 0 atom stereocenters. The van der Waals surface area contributed by atoms with Crippen LogP contribution >= 0.6 is 11.8 Å². The molecule has 0 aliphatic carbocycles. The van der Waals surface area contributed by atoms with Crippen LogP contribution in [0, 0.1) is 22.0 Å². The zero-order valence-electron chi connectivity index (χ0n) is 15.2. The number of hydrogen-bond donors (Lipinski definition) is 2. The molecule has 11 heteroatoms. The summed E-state index contributed by atoms with van der Waals surface area (Å²) in [6.07, 6.45) is -4.47. The third-order valence-electron chi connectivity index (χ3n) is 3.60. The minimum atomic E-state index is -4.47. The number of primary amides is 1. The number of nitro benzene ring substituents is 1. The number of nitrogens with zero attached hydrogens (tertiary/aromatic N) is 1. The van der Waals surface area contributed by atoms with Crippen LogP contribution in [-0.2, 0) is 11.0 Å². The van der Waals surface area contributed by atoms with E-state index >= 15 is 0 Å². The summed E-state index contributed by atoms with van der Waals surface area (Å²) in [5, 5.41) is 13.6. The van der Waals surface area contributed by atoms with Gasteiger partial charge in [-0.05, 0) is 30.3 Å². The van der Waals surface area contributed by atoms with Gasteiger partial charge in [0, 0.05) is 17.2 Å². The topological polar surface area (TPSA) is 115 Å². The zero-order chi connectivity index (χ0) is 22.3. The highest BCUT2D eigenvalue weighted by Crippen LogP contribution is 2.30. The number of alkyl halides is 3. The Bertz CT molecular complexity index is 1050. The molecule has 0 fully saturated rings. The van der Waals surface area contributed by atoms with E-state index in [1.54, 1.807) is 0 Å². The highest BCUT2D eigenvalue weighted by Gasteiger charge is 2.30. The molecule has 0 spiro atoms. The van der Waals surface area contributed by atoms with Crippen molar-refractivity contribution in [1.82, 2.24) is 5.32 Å². The molecule has 0 unspecified atom stereocenters. The lowest BCUT2D eigenvalue weighted by Gasteiger charge is -2.06. The van der Waals surface area contributed by atoms with E-state index in [0.717, 1.165) is 30.0 Å². The molecular weight excluding hydrogens is 423 g/mol. The minimum Gasteiger partial charge on any atom is -0.366 e. The van der Waals surface area contributed by atoms with Gasteiger partial charge >= 0.3 is 6.18 Å². The Hall–Kier alpha value is -3.52. The highest BCUT2D eigenvalue weighted by atomic mass is 32.2. The molecule has 7 nitrogen and oxygen atoms in total. The van der Waals surface area contributed by atoms with E-state index in [1.807, 2.05) is 0 Å². The summed E-state index contributed by atoms with van der Waals surface area (Å²) >= 11 is 0.884. The number of carbonyl (C=O) groups is 2. The second kappa shape index (κ2) is 9.80. The Balaban J connectivity index is 1.92. The quantitative estimate of drug-likeness (QED) is 0.312. The lowest BCUT2D eigenvalue weighted by Crippen LogP contribution is -2.25. The van der Waals surface area contributed by atoms with Crippen molar-refractivity contribution in [2.45, 2.75) is 11.1 Å². The van der Waals surface area contributed by atoms with Gasteiger partial charge in [0.1, 0.15) is 0 Å². The fourth-order valence-electron chi connectivity index (χ4n) is 2.19. The molecule has 0 aromatic heterocycles. The Labute approximate surface area is 173 Å². The standard InChI is InChI=1S/C19H14F3N3O4S/c20-19(21,22)14-5-1-3-12(9-14)4-2-8-24-17(26)11-30-16-7-6-13(18(23)27)10-15(16)25(28)29/h1,3,5-7,9-10H,8,11H2,(H2,23,27)(H,24,26). The van der Waals surface area contributed by atoms with Crippen LogP contribution in [0.25, 0.3) is 0 Å². The van der Waals surface area contributed by atoms with Crippen molar-refractivity contribution in [1.29, 1.82) is 0 Å². The van der Waals surface area contributed by atoms with E-state index in [-0.39, 0.29) is 34.0 Å². The van der Waals surface area contributed by atoms with Gasteiger partial charge in [-0.15, -0.1) is 11.8 Å². The Morgan fingerprint density at radius 2 is 1.93 bits per heavy atom. The van der Waals surface area contributed by atoms with Crippen LogP contribution in [0.1, 0.15) is 21.5 Å². The molecule has 0 saturated carbocycles. The summed E-state index contributed by atoms with van der Waals surface area (Å²) in [5.74, 6) is 3.61. The van der Waals surface area contributed by atoms with E-state index < -0.39 is 28.5 Å². The van der Waals surface area contributed by atoms with Crippen LogP contribution in [-0.4, -0.2) is 29.0 Å². The maximum Gasteiger partial charge on any atom is 0.416 e. The number of benzene rings is 2. The molecule has 0 bridgehead atoms. The van der Waals surface area contributed by atoms with Crippen LogP contribution in [0.3, 0.4) is 0 Å². The molecule has 2 amide bonds. The van der Waals surface area contributed by atoms with E-state index in [2.05, 4.69) is 17.2 Å². The highest BCUT2D eigenvalue weighted by molar-refractivity contribution is 8.00. The molecule has 0 aliphatic heterocycles. The average molecular weight is 437 g/mol. The van der Waals surface area contributed by atoms with Gasteiger partial charge in [0.05, 0.1) is 27.7 Å². The lowest BCUT2D eigenvalue weighted by atomic mass is 10.1. The second-order valence-electron chi connectivity index (χ2n) is 5.75. The number of amides is 2. The van der Waals surface area contributed by atoms with E-state index in [9.17, 15) is 32.9 Å². The van der Waals surface area contributed by atoms with Crippen LogP contribution in [0.2, 0.25) is 0 Å². The lowest BCUT2D eigenvalue weighted by molar-refractivity contribution is -0.387. The molecule has 0 heterocycles. The van der Waals surface area contributed by atoms with Gasteiger partial charge in [-0.3, -0.25) is 19.7 Å². The average Bonchev–Trinajstić information content (AvgIpc) is 2.69. The summed E-state index contributed by atoms with van der Waals surface area (Å²) in [4.78, 5) is 33.6. The van der Waals surface area contributed by atoms with Gasteiger partial charge in [-0.2, -0.15) is 13.2 Å². The smallest absolute Gasteiger partial charge is 0.366 e. The van der Waals surface area contributed by atoms with Crippen molar-refractivity contribution < 1.29 is 27.7 Å². The van der Waals surface area contributed by atoms with Crippen LogP contribution in [0.15, 0.2) is 47.4 Å². The Morgan fingerprint density at radius 3 is 2.57 bits per heavy atom. The summed E-state index contributed by atoms with van der Waals surface area (Å²) in [5.41, 5.74) is 4.04. The molecule has 2 rings (SSSR count). The Kier molecular flexibility index (Phi) is 7.43. The first-order chi connectivity index (χ1) is 14.1. The minimum absolute atomic E-state index is 0.0274. The van der Waals surface area contributed by atoms with E-state index in [0.29, 0.717) is 0 Å². The summed E-state index contributed by atoms with van der Waals surface area (Å²) in [6, 6.07) is 8.15. The number of halogens is 3.